The topological polar surface area (TPSA) is 58.4 Å². The maximum absolute atomic E-state index is 12.2. The monoisotopic (exact) mass is 323 g/mol. The average Bonchev–Trinajstić information content (AvgIpc) is 2.60. The zero-order valence-electron chi connectivity index (χ0n) is 15.1. The van der Waals surface area contributed by atoms with Crippen molar-refractivity contribution in [1.82, 2.24) is 10.2 Å². The van der Waals surface area contributed by atoms with Crippen molar-refractivity contribution in [3.8, 4) is 0 Å². The van der Waals surface area contributed by atoms with Crippen molar-refractivity contribution < 1.29 is 4.79 Å². The van der Waals surface area contributed by atoms with Crippen LogP contribution in [0, 0.1) is 5.41 Å². The van der Waals surface area contributed by atoms with E-state index in [4.69, 9.17) is 5.73 Å². The number of nitrogens with two attached hydrogens (primary N) is 1. The van der Waals surface area contributed by atoms with Crippen molar-refractivity contribution in [2.45, 2.75) is 83.1 Å². The Kier molecular flexibility index (Phi) is 7.84. The molecule has 23 heavy (non-hydrogen) atoms. The van der Waals surface area contributed by atoms with Crippen molar-refractivity contribution in [2.24, 2.45) is 11.1 Å². The highest BCUT2D eigenvalue weighted by Crippen LogP contribution is 2.38. The maximum Gasteiger partial charge on any atom is 0.220 e. The average molecular weight is 324 g/mol. The van der Waals surface area contributed by atoms with E-state index in [1.807, 2.05) is 0 Å². The molecule has 0 aliphatic heterocycles. The third-order valence-electron chi connectivity index (χ3n) is 6.09. The molecule has 0 bridgehead atoms. The summed E-state index contributed by atoms with van der Waals surface area (Å²) >= 11 is 0. The van der Waals surface area contributed by atoms with Gasteiger partial charge in [0.25, 0.3) is 0 Å². The van der Waals surface area contributed by atoms with E-state index in [0.717, 1.165) is 38.4 Å². The van der Waals surface area contributed by atoms with Gasteiger partial charge in [-0.15, -0.1) is 0 Å². The van der Waals surface area contributed by atoms with Crippen LogP contribution >= 0.6 is 0 Å². The lowest BCUT2D eigenvalue weighted by atomic mass is 9.71. The molecular formula is C19H37N3O. The number of carbonyl (C=O) groups excluding carboxylic acids is 1. The van der Waals surface area contributed by atoms with Crippen LogP contribution in [0.5, 0.6) is 0 Å². The third-order valence-corrected chi connectivity index (χ3v) is 6.09. The first-order valence-corrected chi connectivity index (χ1v) is 9.82. The van der Waals surface area contributed by atoms with Gasteiger partial charge in [-0.3, -0.25) is 4.79 Å². The Hall–Kier alpha value is -0.610. The largest absolute Gasteiger partial charge is 0.356 e. The second-order valence-electron chi connectivity index (χ2n) is 7.92. The fourth-order valence-electron chi connectivity index (χ4n) is 4.42. The van der Waals surface area contributed by atoms with E-state index >= 15 is 0 Å². The molecular weight excluding hydrogens is 286 g/mol. The summed E-state index contributed by atoms with van der Waals surface area (Å²) in [5.74, 6) is 0.206. The third kappa shape index (κ3) is 6.07. The van der Waals surface area contributed by atoms with E-state index in [-0.39, 0.29) is 11.3 Å². The molecule has 1 amide bonds. The van der Waals surface area contributed by atoms with Crippen LogP contribution in [0.15, 0.2) is 0 Å². The SMILES string of the molecule is CN(CCCNC(=O)CC1(CN)CCCCC1)C1CCCCC1. The number of hydrogen-bond donors (Lipinski definition) is 2. The van der Waals surface area contributed by atoms with Crippen LogP contribution in [0.2, 0.25) is 0 Å². The summed E-state index contributed by atoms with van der Waals surface area (Å²) in [6.07, 6.45) is 14.6. The number of carbonyl (C=O) groups is 1. The van der Waals surface area contributed by atoms with E-state index in [1.165, 1.54) is 51.4 Å². The Bertz CT molecular complexity index is 347. The zero-order valence-corrected chi connectivity index (χ0v) is 15.1. The second kappa shape index (κ2) is 9.63. The van der Waals surface area contributed by atoms with Crippen LogP contribution in [-0.4, -0.2) is 43.5 Å². The van der Waals surface area contributed by atoms with Crippen LogP contribution in [-0.2, 0) is 4.79 Å². The minimum absolute atomic E-state index is 0.0845. The van der Waals surface area contributed by atoms with Gasteiger partial charge in [-0.05, 0) is 57.7 Å². The molecule has 2 fully saturated rings. The molecule has 0 unspecified atom stereocenters. The number of hydrogen-bond acceptors (Lipinski definition) is 3. The maximum atomic E-state index is 12.2. The number of rotatable bonds is 8. The van der Waals surface area contributed by atoms with Crippen molar-refractivity contribution in [3.63, 3.8) is 0 Å². The standard InChI is InChI=1S/C19H37N3O/c1-22(17-9-4-2-5-10-17)14-8-13-21-18(23)15-19(16-20)11-6-3-7-12-19/h17H,2-16,20H2,1H3,(H,21,23). The predicted molar refractivity (Wildman–Crippen MR) is 96.3 cm³/mol. The quantitative estimate of drug-likeness (QED) is 0.675. The van der Waals surface area contributed by atoms with Gasteiger partial charge in [0.15, 0.2) is 0 Å². The van der Waals surface area contributed by atoms with Crippen molar-refractivity contribution in [2.75, 3.05) is 26.7 Å². The van der Waals surface area contributed by atoms with Crippen LogP contribution < -0.4 is 11.1 Å². The minimum Gasteiger partial charge on any atom is -0.356 e. The number of amides is 1. The summed E-state index contributed by atoms with van der Waals surface area (Å²) in [6, 6.07) is 0.766. The summed E-state index contributed by atoms with van der Waals surface area (Å²) < 4.78 is 0. The van der Waals surface area contributed by atoms with Gasteiger partial charge in [0.05, 0.1) is 0 Å². The van der Waals surface area contributed by atoms with Crippen LogP contribution in [0.1, 0.15) is 77.0 Å². The minimum atomic E-state index is 0.0845. The lowest BCUT2D eigenvalue weighted by Crippen LogP contribution is -2.39. The molecule has 0 saturated heterocycles. The smallest absolute Gasteiger partial charge is 0.220 e. The second-order valence-corrected chi connectivity index (χ2v) is 7.92. The van der Waals surface area contributed by atoms with Crippen molar-refractivity contribution in [1.29, 1.82) is 0 Å². The highest BCUT2D eigenvalue weighted by atomic mass is 16.1. The molecule has 2 rings (SSSR count). The Balaban J connectivity index is 1.60. The Morgan fingerprint density at radius 1 is 1.13 bits per heavy atom. The number of nitrogens with zero attached hydrogens (tertiary/aromatic N) is 1. The molecule has 4 nitrogen and oxygen atoms in total. The summed E-state index contributed by atoms with van der Waals surface area (Å²) in [6.45, 7) is 2.55. The first kappa shape index (κ1) is 18.7. The van der Waals surface area contributed by atoms with E-state index in [0.29, 0.717) is 13.0 Å². The van der Waals surface area contributed by atoms with Gasteiger partial charge in [-0.1, -0.05) is 38.5 Å². The van der Waals surface area contributed by atoms with Gasteiger partial charge in [-0.2, -0.15) is 0 Å². The summed E-state index contributed by atoms with van der Waals surface area (Å²) in [4.78, 5) is 14.7. The highest BCUT2D eigenvalue weighted by Gasteiger charge is 2.32. The molecule has 0 aromatic rings. The fraction of sp³-hybridized carbons (Fsp3) is 0.947. The lowest BCUT2D eigenvalue weighted by molar-refractivity contribution is -0.123. The molecule has 0 aromatic carbocycles. The first-order valence-electron chi connectivity index (χ1n) is 9.82. The van der Waals surface area contributed by atoms with E-state index in [2.05, 4.69) is 17.3 Å². The fourth-order valence-corrected chi connectivity index (χ4v) is 4.42. The highest BCUT2D eigenvalue weighted by molar-refractivity contribution is 5.76. The number of nitrogens with one attached hydrogen (secondary N) is 1. The van der Waals surface area contributed by atoms with Crippen LogP contribution in [0.3, 0.4) is 0 Å². The lowest BCUT2D eigenvalue weighted by Gasteiger charge is -2.35. The molecule has 0 aromatic heterocycles. The summed E-state index contributed by atoms with van der Waals surface area (Å²) in [7, 11) is 2.24. The van der Waals surface area contributed by atoms with Crippen LogP contribution in [0.4, 0.5) is 0 Å². The molecule has 2 aliphatic rings. The molecule has 0 radical (unpaired) electrons. The molecule has 134 valence electrons. The summed E-state index contributed by atoms with van der Waals surface area (Å²) in [5, 5.41) is 3.13. The van der Waals surface area contributed by atoms with Crippen molar-refractivity contribution >= 4 is 5.91 Å². The van der Waals surface area contributed by atoms with E-state index in [9.17, 15) is 4.79 Å². The zero-order chi connectivity index (χ0) is 16.5. The van der Waals surface area contributed by atoms with Gasteiger partial charge in [0.2, 0.25) is 5.91 Å². The summed E-state index contributed by atoms with van der Waals surface area (Å²) in [5.41, 5.74) is 6.06. The predicted octanol–water partition coefficient (Wildman–Crippen LogP) is 3.06. The van der Waals surface area contributed by atoms with Gasteiger partial charge >= 0.3 is 0 Å². The van der Waals surface area contributed by atoms with Crippen molar-refractivity contribution in [3.05, 3.63) is 0 Å². The van der Waals surface area contributed by atoms with Crippen LogP contribution in [0.25, 0.3) is 0 Å². The van der Waals surface area contributed by atoms with E-state index < -0.39 is 0 Å². The molecule has 2 aliphatic carbocycles. The molecule has 0 heterocycles. The molecule has 0 atom stereocenters. The van der Waals surface area contributed by atoms with E-state index in [1.54, 1.807) is 0 Å². The Labute approximate surface area is 142 Å². The Morgan fingerprint density at radius 3 is 2.43 bits per heavy atom. The van der Waals surface area contributed by atoms with Gasteiger partial charge < -0.3 is 16.0 Å². The normalized spacial score (nSPS) is 22.2. The van der Waals surface area contributed by atoms with Gasteiger partial charge in [-0.25, -0.2) is 0 Å². The Morgan fingerprint density at radius 2 is 1.78 bits per heavy atom. The van der Waals surface area contributed by atoms with Gasteiger partial charge in [0, 0.05) is 19.0 Å². The first-order chi connectivity index (χ1) is 11.2. The molecule has 0 spiro atoms. The molecule has 4 heteroatoms. The van der Waals surface area contributed by atoms with Gasteiger partial charge in [0.1, 0.15) is 0 Å². The molecule has 3 N–H and O–H groups in total. The molecule has 2 saturated carbocycles.